The first kappa shape index (κ1) is 17.7. The third-order valence-electron chi connectivity index (χ3n) is 5.21. The normalized spacial score (nSPS) is 15.8. The lowest BCUT2D eigenvalue weighted by Gasteiger charge is -2.22. The van der Waals surface area contributed by atoms with Gasteiger partial charge in [-0.25, -0.2) is 4.98 Å². The summed E-state index contributed by atoms with van der Waals surface area (Å²) in [7, 11) is 0. The Morgan fingerprint density at radius 1 is 1.04 bits per heavy atom. The summed E-state index contributed by atoms with van der Waals surface area (Å²) in [4.78, 5) is 21.8. The van der Waals surface area contributed by atoms with Crippen molar-refractivity contribution in [2.45, 2.75) is 26.3 Å². The SMILES string of the molecule is Cc1ccc(CN2CCCN(C(=O)Cc3cn4ccccc4n3)CC2)cc1. The largest absolute Gasteiger partial charge is 0.341 e. The summed E-state index contributed by atoms with van der Waals surface area (Å²) < 4.78 is 1.97. The van der Waals surface area contributed by atoms with E-state index in [-0.39, 0.29) is 5.91 Å². The molecule has 1 amide bonds. The zero-order chi connectivity index (χ0) is 18.6. The van der Waals surface area contributed by atoms with Crippen LogP contribution in [0.5, 0.6) is 0 Å². The second-order valence-electron chi connectivity index (χ2n) is 7.37. The predicted octanol–water partition coefficient (Wildman–Crippen LogP) is 2.92. The van der Waals surface area contributed by atoms with E-state index >= 15 is 0 Å². The van der Waals surface area contributed by atoms with Crippen LogP contribution in [0.2, 0.25) is 0 Å². The minimum absolute atomic E-state index is 0.176. The van der Waals surface area contributed by atoms with Gasteiger partial charge >= 0.3 is 0 Å². The minimum atomic E-state index is 0.176. The lowest BCUT2D eigenvalue weighted by molar-refractivity contribution is -0.130. The van der Waals surface area contributed by atoms with Gasteiger partial charge < -0.3 is 9.30 Å². The number of aryl methyl sites for hydroxylation is 1. The Kier molecular flexibility index (Phi) is 5.21. The maximum absolute atomic E-state index is 12.8. The highest BCUT2D eigenvalue weighted by Gasteiger charge is 2.20. The van der Waals surface area contributed by atoms with Gasteiger partial charge in [0.05, 0.1) is 12.1 Å². The molecule has 1 aromatic carbocycles. The Balaban J connectivity index is 1.34. The number of hydrogen-bond donors (Lipinski definition) is 0. The molecule has 3 aromatic rings. The molecule has 0 aliphatic carbocycles. The van der Waals surface area contributed by atoms with Gasteiger partial charge in [0.25, 0.3) is 0 Å². The Morgan fingerprint density at radius 2 is 1.89 bits per heavy atom. The van der Waals surface area contributed by atoms with Crippen LogP contribution < -0.4 is 0 Å². The predicted molar refractivity (Wildman–Crippen MR) is 107 cm³/mol. The fourth-order valence-corrected chi connectivity index (χ4v) is 3.67. The number of carbonyl (C=O) groups is 1. The van der Waals surface area contributed by atoms with Crippen LogP contribution in [-0.2, 0) is 17.8 Å². The van der Waals surface area contributed by atoms with E-state index < -0.39 is 0 Å². The molecule has 2 aromatic heterocycles. The number of fused-ring (bicyclic) bond motifs is 1. The minimum Gasteiger partial charge on any atom is -0.341 e. The van der Waals surface area contributed by atoms with E-state index in [1.807, 2.05) is 39.9 Å². The molecular formula is C22H26N4O. The first-order valence-corrected chi connectivity index (χ1v) is 9.66. The molecule has 140 valence electrons. The maximum atomic E-state index is 12.8. The molecule has 3 heterocycles. The van der Waals surface area contributed by atoms with E-state index in [1.165, 1.54) is 11.1 Å². The third kappa shape index (κ3) is 4.37. The van der Waals surface area contributed by atoms with Crippen molar-refractivity contribution in [3.05, 3.63) is 71.7 Å². The molecule has 0 N–H and O–H groups in total. The molecule has 1 saturated heterocycles. The fraction of sp³-hybridized carbons (Fsp3) is 0.364. The van der Waals surface area contributed by atoms with Crippen LogP contribution in [0.25, 0.3) is 5.65 Å². The molecule has 0 saturated carbocycles. The van der Waals surface area contributed by atoms with Gasteiger partial charge in [0.15, 0.2) is 0 Å². The topological polar surface area (TPSA) is 40.9 Å². The van der Waals surface area contributed by atoms with Crippen molar-refractivity contribution in [1.29, 1.82) is 0 Å². The number of pyridine rings is 1. The van der Waals surface area contributed by atoms with Crippen LogP contribution >= 0.6 is 0 Å². The highest BCUT2D eigenvalue weighted by molar-refractivity contribution is 5.78. The van der Waals surface area contributed by atoms with Crippen molar-refractivity contribution in [2.24, 2.45) is 0 Å². The van der Waals surface area contributed by atoms with Crippen molar-refractivity contribution >= 4 is 11.6 Å². The molecule has 27 heavy (non-hydrogen) atoms. The van der Waals surface area contributed by atoms with Gasteiger partial charge in [-0.05, 0) is 31.0 Å². The number of aromatic nitrogens is 2. The van der Waals surface area contributed by atoms with E-state index in [9.17, 15) is 4.79 Å². The van der Waals surface area contributed by atoms with Crippen LogP contribution in [0.3, 0.4) is 0 Å². The van der Waals surface area contributed by atoms with Crippen molar-refractivity contribution in [1.82, 2.24) is 19.2 Å². The number of nitrogens with zero attached hydrogens (tertiary/aromatic N) is 4. The number of benzene rings is 1. The number of carbonyl (C=O) groups excluding carboxylic acids is 1. The maximum Gasteiger partial charge on any atom is 0.228 e. The zero-order valence-corrected chi connectivity index (χ0v) is 15.8. The van der Waals surface area contributed by atoms with Gasteiger partial charge in [-0.3, -0.25) is 9.69 Å². The van der Waals surface area contributed by atoms with Crippen LogP contribution in [-0.4, -0.2) is 51.3 Å². The van der Waals surface area contributed by atoms with Crippen LogP contribution in [0.1, 0.15) is 23.2 Å². The van der Waals surface area contributed by atoms with E-state index in [4.69, 9.17) is 0 Å². The molecule has 5 heteroatoms. The van der Waals surface area contributed by atoms with Crippen molar-refractivity contribution in [2.75, 3.05) is 26.2 Å². The van der Waals surface area contributed by atoms with Crippen molar-refractivity contribution < 1.29 is 4.79 Å². The van der Waals surface area contributed by atoms with Crippen molar-refractivity contribution in [3.8, 4) is 0 Å². The smallest absolute Gasteiger partial charge is 0.228 e. The van der Waals surface area contributed by atoms with Gasteiger partial charge in [-0.2, -0.15) is 0 Å². The summed E-state index contributed by atoms with van der Waals surface area (Å²) in [6.45, 7) is 6.64. The molecule has 0 bridgehead atoms. The standard InChI is InChI=1S/C22H26N4O/c1-18-6-8-19(9-7-18)16-24-10-4-12-25(14-13-24)22(27)15-20-17-26-11-3-2-5-21(26)23-20/h2-3,5-9,11,17H,4,10,12-16H2,1H3. The Morgan fingerprint density at radius 3 is 2.70 bits per heavy atom. The molecule has 1 aliphatic rings. The summed E-state index contributed by atoms with van der Waals surface area (Å²) in [5.74, 6) is 0.176. The lowest BCUT2D eigenvalue weighted by atomic mass is 10.1. The monoisotopic (exact) mass is 362 g/mol. The van der Waals surface area contributed by atoms with Gasteiger partial charge in [-0.15, -0.1) is 0 Å². The quantitative estimate of drug-likeness (QED) is 0.717. The molecule has 0 spiro atoms. The molecule has 1 aliphatic heterocycles. The Labute approximate surface area is 160 Å². The van der Waals surface area contributed by atoms with Gasteiger partial charge in [0.1, 0.15) is 5.65 Å². The van der Waals surface area contributed by atoms with Gasteiger partial charge in [0, 0.05) is 45.1 Å². The van der Waals surface area contributed by atoms with E-state index in [2.05, 4.69) is 41.1 Å². The summed E-state index contributed by atoms with van der Waals surface area (Å²) in [5.41, 5.74) is 4.36. The van der Waals surface area contributed by atoms with E-state index in [1.54, 1.807) is 0 Å². The van der Waals surface area contributed by atoms with Crippen LogP contribution in [0.4, 0.5) is 0 Å². The Hall–Kier alpha value is -2.66. The first-order chi connectivity index (χ1) is 13.2. The van der Waals surface area contributed by atoms with Crippen LogP contribution in [0, 0.1) is 6.92 Å². The molecule has 0 unspecified atom stereocenters. The van der Waals surface area contributed by atoms with Gasteiger partial charge in [-0.1, -0.05) is 35.9 Å². The Bertz CT molecular complexity index is 882. The number of hydrogen-bond acceptors (Lipinski definition) is 3. The summed E-state index contributed by atoms with van der Waals surface area (Å²) >= 11 is 0. The molecule has 0 atom stereocenters. The fourth-order valence-electron chi connectivity index (χ4n) is 3.67. The molecule has 1 fully saturated rings. The average Bonchev–Trinajstić information content (AvgIpc) is 2.93. The molecular weight excluding hydrogens is 336 g/mol. The highest BCUT2D eigenvalue weighted by atomic mass is 16.2. The number of imidazole rings is 1. The molecule has 5 nitrogen and oxygen atoms in total. The summed E-state index contributed by atoms with van der Waals surface area (Å²) in [6.07, 6.45) is 5.31. The first-order valence-electron chi connectivity index (χ1n) is 9.66. The summed E-state index contributed by atoms with van der Waals surface area (Å²) in [5, 5.41) is 0. The number of rotatable bonds is 4. The number of amides is 1. The summed E-state index contributed by atoms with van der Waals surface area (Å²) in [6, 6.07) is 14.6. The van der Waals surface area contributed by atoms with E-state index in [0.29, 0.717) is 6.42 Å². The zero-order valence-electron chi connectivity index (χ0n) is 15.8. The van der Waals surface area contributed by atoms with E-state index in [0.717, 1.165) is 50.5 Å². The second-order valence-corrected chi connectivity index (χ2v) is 7.37. The van der Waals surface area contributed by atoms with Crippen molar-refractivity contribution in [3.63, 3.8) is 0 Å². The van der Waals surface area contributed by atoms with Gasteiger partial charge in [0.2, 0.25) is 5.91 Å². The molecule has 0 radical (unpaired) electrons. The lowest BCUT2D eigenvalue weighted by Crippen LogP contribution is -2.36. The average molecular weight is 362 g/mol. The van der Waals surface area contributed by atoms with Crippen LogP contribution in [0.15, 0.2) is 54.9 Å². The highest BCUT2D eigenvalue weighted by Crippen LogP contribution is 2.12. The second kappa shape index (κ2) is 7.92. The molecule has 4 rings (SSSR count). The third-order valence-corrected chi connectivity index (χ3v) is 5.21.